The van der Waals surface area contributed by atoms with Crippen LogP contribution in [0.15, 0.2) is 35.1 Å². The molecule has 0 bridgehead atoms. The molecule has 0 aliphatic rings. The molecule has 2 N–H and O–H groups in total. The number of aromatic nitrogens is 2. The van der Waals surface area contributed by atoms with Crippen LogP contribution in [0, 0.1) is 11.3 Å². The molecule has 0 spiro atoms. The molecule has 0 saturated carbocycles. The number of nitrogens with one attached hydrogen (secondary N) is 2. The number of benzene rings is 1. The van der Waals surface area contributed by atoms with E-state index in [1.165, 1.54) is 4.57 Å². The van der Waals surface area contributed by atoms with Crippen molar-refractivity contribution < 1.29 is 0 Å². The second-order valence-corrected chi connectivity index (χ2v) is 3.59. The zero-order valence-corrected chi connectivity index (χ0v) is 9.40. The summed E-state index contributed by atoms with van der Waals surface area (Å²) in [5.74, 6) is 0.515. The van der Waals surface area contributed by atoms with E-state index in [1.54, 1.807) is 7.05 Å². The zero-order valence-electron chi connectivity index (χ0n) is 9.40. The molecule has 0 fully saturated rings. The van der Waals surface area contributed by atoms with Crippen LogP contribution in [0.1, 0.15) is 11.3 Å². The molecular weight excluding hydrogens is 216 g/mol. The Labute approximate surface area is 98.3 Å². The smallest absolute Gasteiger partial charge is 0.328 e. The van der Waals surface area contributed by atoms with Gasteiger partial charge in [0.25, 0.3) is 0 Å². The third kappa shape index (κ3) is 2.06. The summed E-state index contributed by atoms with van der Waals surface area (Å²) in [6, 6.07) is 11.6. The Balaban J connectivity index is 2.43. The lowest BCUT2D eigenvalue weighted by molar-refractivity contribution is 0.768. The second kappa shape index (κ2) is 4.58. The first-order chi connectivity index (χ1) is 8.26. The lowest BCUT2D eigenvalue weighted by Crippen LogP contribution is -2.19. The maximum atomic E-state index is 11.7. The Kier molecular flexibility index (Phi) is 2.97. The summed E-state index contributed by atoms with van der Waals surface area (Å²) >= 11 is 0. The van der Waals surface area contributed by atoms with Gasteiger partial charge >= 0.3 is 5.69 Å². The molecule has 86 valence electrons. The molecule has 0 aliphatic carbocycles. The molecule has 0 aliphatic heterocycles. The van der Waals surface area contributed by atoms with Crippen molar-refractivity contribution in [2.75, 3.05) is 12.4 Å². The van der Waals surface area contributed by atoms with Crippen molar-refractivity contribution >= 4 is 5.82 Å². The summed E-state index contributed by atoms with van der Waals surface area (Å²) in [5.41, 5.74) is 0.984. The minimum absolute atomic E-state index is 0.258. The minimum atomic E-state index is -0.283. The summed E-state index contributed by atoms with van der Waals surface area (Å²) in [4.78, 5) is 14.2. The van der Waals surface area contributed by atoms with Gasteiger partial charge in [0.05, 0.1) is 6.54 Å². The second-order valence-electron chi connectivity index (χ2n) is 3.59. The molecular formula is C12H12N4O. The van der Waals surface area contributed by atoms with Gasteiger partial charge in [0.1, 0.15) is 11.9 Å². The van der Waals surface area contributed by atoms with Crippen LogP contribution in [0.25, 0.3) is 0 Å². The van der Waals surface area contributed by atoms with E-state index in [-0.39, 0.29) is 11.4 Å². The van der Waals surface area contributed by atoms with Crippen molar-refractivity contribution in [2.24, 2.45) is 0 Å². The first-order valence-electron chi connectivity index (χ1n) is 5.21. The standard InChI is InChI=1S/C12H12N4O/c1-14-11-10(7-13)15-12(17)16(11)8-9-5-3-2-4-6-9/h2-6,14H,8H2,1H3,(H,15,17). The van der Waals surface area contributed by atoms with Gasteiger partial charge < -0.3 is 5.32 Å². The van der Waals surface area contributed by atoms with Gasteiger partial charge in [0, 0.05) is 7.05 Å². The van der Waals surface area contributed by atoms with Gasteiger partial charge in [-0.05, 0) is 5.56 Å². The highest BCUT2D eigenvalue weighted by atomic mass is 16.1. The summed E-state index contributed by atoms with van der Waals surface area (Å²) < 4.78 is 1.51. The summed E-state index contributed by atoms with van der Waals surface area (Å²) in [6.07, 6.45) is 0. The number of nitrogens with zero attached hydrogens (tertiary/aromatic N) is 2. The van der Waals surface area contributed by atoms with Crippen molar-refractivity contribution in [1.82, 2.24) is 9.55 Å². The van der Waals surface area contributed by atoms with Crippen LogP contribution in [-0.4, -0.2) is 16.6 Å². The van der Waals surface area contributed by atoms with Crippen LogP contribution >= 0.6 is 0 Å². The topological polar surface area (TPSA) is 73.6 Å². The molecule has 5 heteroatoms. The lowest BCUT2D eigenvalue weighted by Gasteiger charge is -2.06. The number of hydrogen-bond acceptors (Lipinski definition) is 3. The number of rotatable bonds is 3. The van der Waals surface area contributed by atoms with E-state index in [0.717, 1.165) is 5.56 Å². The van der Waals surface area contributed by atoms with Gasteiger partial charge in [-0.25, -0.2) is 4.79 Å². The molecule has 0 saturated heterocycles. The fraction of sp³-hybridized carbons (Fsp3) is 0.167. The monoisotopic (exact) mass is 228 g/mol. The van der Waals surface area contributed by atoms with E-state index in [0.29, 0.717) is 12.4 Å². The van der Waals surface area contributed by atoms with E-state index in [2.05, 4.69) is 10.3 Å². The molecule has 2 rings (SSSR count). The van der Waals surface area contributed by atoms with E-state index >= 15 is 0 Å². The third-order valence-electron chi connectivity index (χ3n) is 2.52. The van der Waals surface area contributed by atoms with Gasteiger partial charge in [-0.2, -0.15) is 5.26 Å². The van der Waals surface area contributed by atoms with Crippen LogP contribution < -0.4 is 11.0 Å². The van der Waals surface area contributed by atoms with E-state index in [1.807, 2.05) is 36.4 Å². The zero-order chi connectivity index (χ0) is 12.3. The highest BCUT2D eigenvalue weighted by Gasteiger charge is 2.12. The van der Waals surface area contributed by atoms with Crippen molar-refractivity contribution in [1.29, 1.82) is 5.26 Å². The average molecular weight is 228 g/mol. The van der Waals surface area contributed by atoms with Gasteiger partial charge in [0.15, 0.2) is 5.69 Å². The highest BCUT2D eigenvalue weighted by Crippen LogP contribution is 2.11. The van der Waals surface area contributed by atoms with E-state index in [4.69, 9.17) is 5.26 Å². The fourth-order valence-corrected chi connectivity index (χ4v) is 1.73. The van der Waals surface area contributed by atoms with Crippen LogP contribution in [-0.2, 0) is 6.54 Å². The number of hydrogen-bond donors (Lipinski definition) is 2. The molecule has 2 aromatic rings. The largest absolute Gasteiger partial charge is 0.372 e. The first kappa shape index (κ1) is 11.0. The van der Waals surface area contributed by atoms with Crippen LogP contribution in [0.3, 0.4) is 0 Å². The normalized spacial score (nSPS) is 9.88. The van der Waals surface area contributed by atoms with Crippen LogP contribution in [0.5, 0.6) is 0 Å². The Morgan fingerprint density at radius 1 is 1.41 bits per heavy atom. The molecule has 1 aromatic carbocycles. The lowest BCUT2D eigenvalue weighted by atomic mass is 10.2. The minimum Gasteiger partial charge on any atom is -0.372 e. The van der Waals surface area contributed by atoms with Crippen molar-refractivity contribution in [3.63, 3.8) is 0 Å². The highest BCUT2D eigenvalue weighted by molar-refractivity contribution is 5.48. The number of imidazole rings is 1. The maximum absolute atomic E-state index is 11.7. The maximum Gasteiger partial charge on any atom is 0.328 e. The molecule has 1 aromatic heterocycles. The molecule has 0 unspecified atom stereocenters. The number of nitriles is 1. The van der Waals surface area contributed by atoms with Gasteiger partial charge in [0.2, 0.25) is 0 Å². The Morgan fingerprint density at radius 3 is 2.71 bits per heavy atom. The Morgan fingerprint density at radius 2 is 2.12 bits per heavy atom. The molecule has 0 amide bonds. The molecule has 0 atom stereocenters. The van der Waals surface area contributed by atoms with Gasteiger partial charge in [-0.1, -0.05) is 30.3 Å². The summed E-state index contributed by atoms with van der Waals surface area (Å²) in [6.45, 7) is 0.439. The average Bonchev–Trinajstić information content (AvgIpc) is 2.67. The number of aromatic amines is 1. The quantitative estimate of drug-likeness (QED) is 0.827. The number of anilines is 1. The molecule has 0 radical (unpaired) electrons. The Bertz CT molecular complexity index is 604. The predicted octanol–water partition coefficient (Wildman–Crippen LogP) is 1.14. The van der Waals surface area contributed by atoms with E-state index in [9.17, 15) is 4.79 Å². The van der Waals surface area contributed by atoms with Crippen LogP contribution in [0.2, 0.25) is 0 Å². The molecule has 17 heavy (non-hydrogen) atoms. The fourth-order valence-electron chi connectivity index (χ4n) is 1.73. The van der Waals surface area contributed by atoms with Crippen LogP contribution in [0.4, 0.5) is 5.82 Å². The molecule has 5 nitrogen and oxygen atoms in total. The molecule has 1 heterocycles. The van der Waals surface area contributed by atoms with Gasteiger partial charge in [-0.15, -0.1) is 0 Å². The third-order valence-corrected chi connectivity index (χ3v) is 2.52. The van der Waals surface area contributed by atoms with Crippen molar-refractivity contribution in [2.45, 2.75) is 6.54 Å². The van der Waals surface area contributed by atoms with Crippen molar-refractivity contribution in [3.8, 4) is 6.07 Å². The van der Waals surface area contributed by atoms with E-state index < -0.39 is 0 Å². The predicted molar refractivity (Wildman–Crippen MR) is 64.9 cm³/mol. The summed E-state index contributed by atoms with van der Waals surface area (Å²) in [5, 5.41) is 11.7. The summed E-state index contributed by atoms with van der Waals surface area (Å²) in [7, 11) is 1.69. The Hall–Kier alpha value is -2.48. The van der Waals surface area contributed by atoms with Crippen molar-refractivity contribution in [3.05, 3.63) is 52.1 Å². The number of H-pyrrole nitrogens is 1. The first-order valence-corrected chi connectivity index (χ1v) is 5.21. The van der Waals surface area contributed by atoms with Gasteiger partial charge in [-0.3, -0.25) is 9.55 Å². The SMILES string of the molecule is CNc1c(C#N)[nH]c(=O)n1Cc1ccccc1.